The summed E-state index contributed by atoms with van der Waals surface area (Å²) in [5.41, 5.74) is 0.414. The lowest BCUT2D eigenvalue weighted by molar-refractivity contribution is -0.384. The number of hydrogen-bond acceptors (Lipinski definition) is 6. The van der Waals surface area contributed by atoms with E-state index in [2.05, 4.69) is 0 Å². The fourth-order valence-corrected chi connectivity index (χ4v) is 4.50. The Morgan fingerprint density at radius 2 is 1.67 bits per heavy atom. The maximum absolute atomic E-state index is 12.7. The van der Waals surface area contributed by atoms with Gasteiger partial charge in [0.1, 0.15) is 12.0 Å². The molecule has 8 nitrogen and oxygen atoms in total. The Hall–Kier alpha value is -2.49. The second-order valence-electron chi connectivity index (χ2n) is 5.97. The zero-order chi connectivity index (χ0) is 19.6. The molecule has 0 atom stereocenters. The lowest BCUT2D eigenvalue weighted by atomic mass is 10.1. The highest BCUT2D eigenvalue weighted by Gasteiger charge is 2.30. The standard InChI is InChI=1S/C17H16ClN3O5S/c18-14-2-4-15(5-3-14)27(25,26)20-9-7-19(8-10-20)16-6-1-13(12-22)11-17(16)21(23)24/h1-6,11-12H,7-10H2. The normalized spacial score (nSPS) is 15.5. The molecule has 1 saturated heterocycles. The van der Waals surface area contributed by atoms with Gasteiger partial charge in [-0.25, -0.2) is 8.42 Å². The molecule has 0 aliphatic carbocycles. The number of carbonyl (C=O) groups is 1. The minimum atomic E-state index is -3.65. The van der Waals surface area contributed by atoms with Gasteiger partial charge in [0.15, 0.2) is 0 Å². The van der Waals surface area contributed by atoms with Crippen molar-refractivity contribution in [3.05, 3.63) is 63.2 Å². The van der Waals surface area contributed by atoms with Gasteiger partial charge < -0.3 is 4.90 Å². The van der Waals surface area contributed by atoms with E-state index in [1.54, 1.807) is 4.90 Å². The second kappa shape index (κ2) is 7.63. The first-order valence-electron chi connectivity index (χ1n) is 8.07. The highest BCUT2D eigenvalue weighted by Crippen LogP contribution is 2.30. The van der Waals surface area contributed by atoms with Crippen LogP contribution in [-0.2, 0) is 10.0 Å². The van der Waals surface area contributed by atoms with E-state index in [1.807, 2.05) is 0 Å². The van der Waals surface area contributed by atoms with Crippen LogP contribution in [0.15, 0.2) is 47.4 Å². The summed E-state index contributed by atoms with van der Waals surface area (Å²) in [6, 6.07) is 10.2. The number of aldehydes is 1. The molecule has 1 aliphatic rings. The summed E-state index contributed by atoms with van der Waals surface area (Å²) in [6.45, 7) is 0.983. The van der Waals surface area contributed by atoms with E-state index in [0.717, 1.165) is 0 Å². The van der Waals surface area contributed by atoms with Crippen molar-refractivity contribution < 1.29 is 18.1 Å². The molecule has 0 amide bonds. The van der Waals surface area contributed by atoms with Gasteiger partial charge in [0, 0.05) is 42.8 Å². The highest BCUT2D eigenvalue weighted by molar-refractivity contribution is 7.89. The van der Waals surface area contributed by atoms with E-state index in [1.165, 1.54) is 46.8 Å². The molecule has 2 aromatic rings. The van der Waals surface area contributed by atoms with Crippen LogP contribution in [0.1, 0.15) is 10.4 Å². The molecule has 27 heavy (non-hydrogen) atoms. The van der Waals surface area contributed by atoms with Gasteiger partial charge in [-0.15, -0.1) is 0 Å². The van der Waals surface area contributed by atoms with E-state index < -0.39 is 14.9 Å². The third-order valence-electron chi connectivity index (χ3n) is 4.36. The average molecular weight is 410 g/mol. The number of carbonyl (C=O) groups excluding carboxylic acids is 1. The maximum Gasteiger partial charge on any atom is 0.293 e. The predicted octanol–water partition coefficient (Wildman–Crippen LogP) is 2.57. The molecule has 0 unspecified atom stereocenters. The molecule has 0 radical (unpaired) electrons. The summed E-state index contributed by atoms with van der Waals surface area (Å²) in [5.74, 6) is 0. The highest BCUT2D eigenvalue weighted by atomic mass is 35.5. The second-order valence-corrected chi connectivity index (χ2v) is 8.34. The monoisotopic (exact) mass is 409 g/mol. The number of rotatable bonds is 5. The zero-order valence-corrected chi connectivity index (χ0v) is 15.7. The van der Waals surface area contributed by atoms with Crippen LogP contribution in [-0.4, -0.2) is 50.1 Å². The van der Waals surface area contributed by atoms with Gasteiger partial charge in [-0.05, 0) is 36.4 Å². The predicted molar refractivity (Wildman–Crippen MR) is 101 cm³/mol. The van der Waals surface area contributed by atoms with Crippen molar-refractivity contribution in [2.45, 2.75) is 4.90 Å². The van der Waals surface area contributed by atoms with E-state index in [-0.39, 0.29) is 29.2 Å². The van der Waals surface area contributed by atoms with E-state index >= 15 is 0 Å². The number of piperazine rings is 1. The largest absolute Gasteiger partial charge is 0.363 e. The molecule has 142 valence electrons. The molecule has 0 saturated carbocycles. The first-order chi connectivity index (χ1) is 12.8. The first-order valence-corrected chi connectivity index (χ1v) is 9.89. The summed E-state index contributed by atoms with van der Waals surface area (Å²) in [4.78, 5) is 23.5. The van der Waals surface area contributed by atoms with Gasteiger partial charge in [-0.3, -0.25) is 14.9 Å². The molecule has 1 heterocycles. The van der Waals surface area contributed by atoms with Crippen LogP contribution in [0.5, 0.6) is 0 Å². The van der Waals surface area contributed by atoms with Crippen molar-refractivity contribution in [3.63, 3.8) is 0 Å². The molecule has 1 fully saturated rings. The average Bonchev–Trinajstić information content (AvgIpc) is 2.68. The van der Waals surface area contributed by atoms with Gasteiger partial charge in [0.05, 0.1) is 9.82 Å². The number of nitrogens with zero attached hydrogens (tertiary/aromatic N) is 3. The molecule has 0 N–H and O–H groups in total. The lowest BCUT2D eigenvalue weighted by Crippen LogP contribution is -2.48. The number of anilines is 1. The Kier molecular flexibility index (Phi) is 5.45. The van der Waals surface area contributed by atoms with Crippen molar-refractivity contribution >= 4 is 39.3 Å². The molecule has 0 bridgehead atoms. The van der Waals surface area contributed by atoms with Crippen LogP contribution < -0.4 is 4.90 Å². The Morgan fingerprint density at radius 1 is 1.04 bits per heavy atom. The third kappa shape index (κ3) is 3.95. The van der Waals surface area contributed by atoms with Crippen molar-refractivity contribution in [2.24, 2.45) is 0 Å². The molecule has 1 aliphatic heterocycles. The van der Waals surface area contributed by atoms with Crippen molar-refractivity contribution in [1.29, 1.82) is 0 Å². The quantitative estimate of drug-likeness (QED) is 0.427. The minimum Gasteiger partial charge on any atom is -0.363 e. The summed E-state index contributed by atoms with van der Waals surface area (Å²) < 4.78 is 26.8. The number of nitro groups is 1. The Bertz CT molecular complexity index is 971. The molecule has 2 aromatic carbocycles. The molecular formula is C17H16ClN3O5S. The Morgan fingerprint density at radius 3 is 2.22 bits per heavy atom. The Balaban J connectivity index is 1.78. The smallest absolute Gasteiger partial charge is 0.293 e. The number of hydrogen-bond donors (Lipinski definition) is 0. The molecule has 0 aromatic heterocycles. The van der Waals surface area contributed by atoms with Crippen LogP contribution in [0, 0.1) is 10.1 Å². The maximum atomic E-state index is 12.7. The summed E-state index contributed by atoms with van der Waals surface area (Å²) in [7, 11) is -3.65. The Labute approximate surface area is 161 Å². The van der Waals surface area contributed by atoms with Crippen molar-refractivity contribution in [1.82, 2.24) is 4.31 Å². The number of sulfonamides is 1. The fourth-order valence-electron chi connectivity index (χ4n) is 2.95. The molecule has 3 rings (SSSR count). The van der Waals surface area contributed by atoms with Crippen LogP contribution in [0.3, 0.4) is 0 Å². The lowest BCUT2D eigenvalue weighted by Gasteiger charge is -2.35. The van der Waals surface area contributed by atoms with Crippen molar-refractivity contribution in [3.8, 4) is 0 Å². The summed E-state index contributed by atoms with van der Waals surface area (Å²) in [6.07, 6.45) is 0.549. The van der Waals surface area contributed by atoms with Gasteiger partial charge in [0.2, 0.25) is 10.0 Å². The SMILES string of the molecule is O=Cc1ccc(N2CCN(S(=O)(=O)c3ccc(Cl)cc3)CC2)c([N+](=O)[O-])c1. The van der Waals surface area contributed by atoms with Crippen molar-refractivity contribution in [2.75, 3.05) is 31.1 Å². The van der Waals surface area contributed by atoms with Gasteiger partial charge in [0.25, 0.3) is 5.69 Å². The molecule has 10 heteroatoms. The van der Waals surface area contributed by atoms with Crippen LogP contribution in [0.2, 0.25) is 5.02 Å². The van der Waals surface area contributed by atoms with Crippen LogP contribution >= 0.6 is 11.6 Å². The minimum absolute atomic E-state index is 0.154. The van der Waals surface area contributed by atoms with E-state index in [9.17, 15) is 23.3 Å². The van der Waals surface area contributed by atoms with E-state index in [4.69, 9.17) is 11.6 Å². The third-order valence-corrected chi connectivity index (χ3v) is 6.53. The van der Waals surface area contributed by atoms with Gasteiger partial charge in [-0.2, -0.15) is 4.31 Å². The first kappa shape index (κ1) is 19.3. The molecule has 0 spiro atoms. The topological polar surface area (TPSA) is 101 Å². The van der Waals surface area contributed by atoms with Gasteiger partial charge >= 0.3 is 0 Å². The molecular weight excluding hydrogens is 394 g/mol. The van der Waals surface area contributed by atoms with E-state index in [0.29, 0.717) is 30.1 Å². The summed E-state index contributed by atoms with van der Waals surface area (Å²) >= 11 is 5.80. The van der Waals surface area contributed by atoms with Gasteiger partial charge in [-0.1, -0.05) is 11.6 Å². The number of halogens is 1. The number of benzene rings is 2. The van der Waals surface area contributed by atoms with Crippen LogP contribution in [0.4, 0.5) is 11.4 Å². The fraction of sp³-hybridized carbons (Fsp3) is 0.235. The van der Waals surface area contributed by atoms with Crippen LogP contribution in [0.25, 0.3) is 0 Å². The summed E-state index contributed by atoms with van der Waals surface area (Å²) in [5, 5.41) is 11.8. The number of nitro benzene ring substituents is 1. The zero-order valence-electron chi connectivity index (χ0n) is 14.1.